The standard InChI is InChI=1S/C25H18N4O4/c30-22(27-18-10-6-9-17(14-18)23-28-26-15-33-23)21(13-16-7-2-1-3-8-16)29-24(31)19-11-4-5-12-20(19)25(29)32/h1-12,14-15,21H,13H2,(H,27,30)/t21-/m1/s1. The molecule has 1 aliphatic heterocycles. The molecule has 33 heavy (non-hydrogen) atoms. The predicted octanol–water partition coefficient (Wildman–Crippen LogP) is 3.58. The van der Waals surface area contributed by atoms with Crippen molar-refractivity contribution in [1.82, 2.24) is 15.1 Å². The summed E-state index contributed by atoms with van der Waals surface area (Å²) in [6.45, 7) is 0. The number of carbonyl (C=O) groups excluding carboxylic acids is 3. The van der Waals surface area contributed by atoms with Gasteiger partial charge in [-0.3, -0.25) is 19.3 Å². The van der Waals surface area contributed by atoms with Crippen molar-refractivity contribution in [2.75, 3.05) is 5.32 Å². The maximum absolute atomic E-state index is 13.4. The zero-order chi connectivity index (χ0) is 22.8. The van der Waals surface area contributed by atoms with Crippen molar-refractivity contribution in [2.24, 2.45) is 0 Å². The molecule has 0 saturated heterocycles. The molecule has 0 saturated carbocycles. The van der Waals surface area contributed by atoms with E-state index in [1.165, 1.54) is 6.39 Å². The number of fused-ring (bicyclic) bond motifs is 1. The molecular weight excluding hydrogens is 420 g/mol. The largest absolute Gasteiger partial charge is 0.423 e. The normalized spacial score (nSPS) is 13.6. The highest BCUT2D eigenvalue weighted by atomic mass is 16.4. The number of carbonyl (C=O) groups is 3. The first-order chi connectivity index (χ1) is 16.1. The molecule has 3 aromatic carbocycles. The van der Waals surface area contributed by atoms with Crippen molar-refractivity contribution < 1.29 is 18.8 Å². The summed E-state index contributed by atoms with van der Waals surface area (Å²) >= 11 is 0. The van der Waals surface area contributed by atoms with Crippen LogP contribution in [0, 0.1) is 0 Å². The molecule has 0 fully saturated rings. The summed E-state index contributed by atoms with van der Waals surface area (Å²) in [6.07, 6.45) is 1.40. The number of benzene rings is 3. The fraction of sp³-hybridized carbons (Fsp3) is 0.0800. The molecule has 2 heterocycles. The van der Waals surface area contributed by atoms with Gasteiger partial charge in [-0.1, -0.05) is 48.5 Å². The van der Waals surface area contributed by atoms with Crippen molar-refractivity contribution in [1.29, 1.82) is 0 Å². The molecule has 1 aromatic heterocycles. The van der Waals surface area contributed by atoms with Gasteiger partial charge in [-0.05, 0) is 35.9 Å². The third-order valence-corrected chi connectivity index (χ3v) is 5.45. The second-order valence-corrected chi connectivity index (χ2v) is 7.55. The Kier molecular flexibility index (Phi) is 5.24. The van der Waals surface area contributed by atoms with Gasteiger partial charge in [0.1, 0.15) is 6.04 Å². The zero-order valence-electron chi connectivity index (χ0n) is 17.3. The smallest absolute Gasteiger partial charge is 0.262 e. The molecule has 162 valence electrons. The molecule has 0 unspecified atom stereocenters. The third-order valence-electron chi connectivity index (χ3n) is 5.45. The van der Waals surface area contributed by atoms with Gasteiger partial charge in [0, 0.05) is 17.7 Å². The average molecular weight is 438 g/mol. The van der Waals surface area contributed by atoms with Gasteiger partial charge >= 0.3 is 0 Å². The molecule has 0 aliphatic carbocycles. The minimum atomic E-state index is -1.04. The highest BCUT2D eigenvalue weighted by molar-refractivity contribution is 6.23. The lowest BCUT2D eigenvalue weighted by Gasteiger charge is -2.25. The average Bonchev–Trinajstić information content (AvgIpc) is 3.47. The monoisotopic (exact) mass is 438 g/mol. The van der Waals surface area contributed by atoms with Crippen LogP contribution in [0.15, 0.2) is 89.7 Å². The number of anilines is 1. The van der Waals surface area contributed by atoms with E-state index in [1.54, 1.807) is 48.5 Å². The fourth-order valence-corrected chi connectivity index (χ4v) is 3.88. The Morgan fingerprint density at radius 1 is 0.909 bits per heavy atom. The first-order valence-electron chi connectivity index (χ1n) is 10.3. The van der Waals surface area contributed by atoms with Gasteiger partial charge < -0.3 is 9.73 Å². The van der Waals surface area contributed by atoms with E-state index in [0.29, 0.717) is 28.3 Å². The van der Waals surface area contributed by atoms with Gasteiger partial charge in [0.2, 0.25) is 18.2 Å². The van der Waals surface area contributed by atoms with Crippen molar-refractivity contribution >= 4 is 23.4 Å². The molecular formula is C25H18N4O4. The zero-order valence-corrected chi connectivity index (χ0v) is 17.3. The quantitative estimate of drug-likeness (QED) is 0.461. The van der Waals surface area contributed by atoms with E-state index in [4.69, 9.17) is 4.42 Å². The van der Waals surface area contributed by atoms with Gasteiger partial charge in [-0.25, -0.2) is 0 Å². The summed E-state index contributed by atoms with van der Waals surface area (Å²) in [5.74, 6) is -1.12. The van der Waals surface area contributed by atoms with Crippen LogP contribution in [0.4, 0.5) is 5.69 Å². The molecule has 1 aliphatic rings. The molecule has 0 spiro atoms. The highest BCUT2D eigenvalue weighted by Crippen LogP contribution is 2.27. The molecule has 5 rings (SSSR count). The Morgan fingerprint density at radius 2 is 1.61 bits per heavy atom. The second kappa shape index (κ2) is 8.51. The van der Waals surface area contributed by atoms with Crippen molar-refractivity contribution in [2.45, 2.75) is 12.5 Å². The van der Waals surface area contributed by atoms with Crippen LogP contribution < -0.4 is 5.32 Å². The SMILES string of the molecule is O=C(Nc1cccc(-c2nnco2)c1)[C@@H](Cc1ccccc1)N1C(=O)c2ccccc2C1=O. The van der Waals surface area contributed by atoms with Crippen LogP contribution >= 0.6 is 0 Å². The summed E-state index contributed by atoms with van der Waals surface area (Å²) in [7, 11) is 0. The Hall–Kier alpha value is -4.59. The predicted molar refractivity (Wildman–Crippen MR) is 119 cm³/mol. The Labute approximate surface area is 188 Å². The third kappa shape index (κ3) is 3.89. The topological polar surface area (TPSA) is 105 Å². The molecule has 4 aromatic rings. The van der Waals surface area contributed by atoms with Gasteiger partial charge in [0.05, 0.1) is 11.1 Å². The first kappa shape index (κ1) is 20.3. The van der Waals surface area contributed by atoms with Crippen molar-refractivity contribution in [3.8, 4) is 11.5 Å². The minimum Gasteiger partial charge on any atom is -0.423 e. The Morgan fingerprint density at radius 3 is 2.27 bits per heavy atom. The van der Waals surface area contributed by atoms with Crippen LogP contribution in [0.2, 0.25) is 0 Å². The number of amides is 3. The van der Waals surface area contributed by atoms with Crippen LogP contribution in [0.5, 0.6) is 0 Å². The number of nitrogens with one attached hydrogen (secondary N) is 1. The van der Waals surface area contributed by atoms with Crippen LogP contribution in [-0.4, -0.2) is 38.9 Å². The number of rotatable bonds is 6. The minimum absolute atomic E-state index is 0.182. The van der Waals surface area contributed by atoms with E-state index in [2.05, 4.69) is 15.5 Å². The summed E-state index contributed by atoms with van der Waals surface area (Å²) in [4.78, 5) is 40.7. The summed E-state index contributed by atoms with van der Waals surface area (Å²) in [5.41, 5.74) is 2.53. The number of imide groups is 1. The summed E-state index contributed by atoms with van der Waals surface area (Å²) < 4.78 is 5.22. The maximum Gasteiger partial charge on any atom is 0.262 e. The van der Waals surface area contributed by atoms with Crippen molar-refractivity contribution in [3.05, 3.63) is 102 Å². The van der Waals surface area contributed by atoms with Crippen LogP contribution in [0.25, 0.3) is 11.5 Å². The first-order valence-corrected chi connectivity index (χ1v) is 10.3. The van der Waals surface area contributed by atoms with Gasteiger partial charge in [0.15, 0.2) is 0 Å². The van der Waals surface area contributed by atoms with Crippen LogP contribution in [-0.2, 0) is 11.2 Å². The van der Waals surface area contributed by atoms with Gasteiger partial charge in [-0.15, -0.1) is 10.2 Å². The Balaban J connectivity index is 1.46. The summed E-state index contributed by atoms with van der Waals surface area (Å²) in [5, 5.41) is 10.4. The van der Waals surface area contributed by atoms with E-state index in [0.717, 1.165) is 10.5 Å². The van der Waals surface area contributed by atoms with Gasteiger partial charge in [0.25, 0.3) is 11.8 Å². The number of hydrogen-bond donors (Lipinski definition) is 1. The van der Waals surface area contributed by atoms with Crippen molar-refractivity contribution in [3.63, 3.8) is 0 Å². The lowest BCUT2D eigenvalue weighted by atomic mass is 10.0. The number of nitrogens with zero attached hydrogens (tertiary/aromatic N) is 3. The molecule has 1 N–H and O–H groups in total. The number of hydrogen-bond acceptors (Lipinski definition) is 6. The molecule has 0 bridgehead atoms. The second-order valence-electron chi connectivity index (χ2n) is 7.55. The summed E-state index contributed by atoms with van der Waals surface area (Å²) in [6, 6.07) is 21.7. The molecule has 0 radical (unpaired) electrons. The Bertz CT molecular complexity index is 1300. The van der Waals surface area contributed by atoms with E-state index in [1.807, 2.05) is 30.3 Å². The van der Waals surface area contributed by atoms with E-state index in [-0.39, 0.29) is 6.42 Å². The van der Waals surface area contributed by atoms with Crippen LogP contribution in [0.3, 0.4) is 0 Å². The van der Waals surface area contributed by atoms with Crippen LogP contribution in [0.1, 0.15) is 26.3 Å². The molecule has 1 atom stereocenters. The lowest BCUT2D eigenvalue weighted by Crippen LogP contribution is -2.48. The molecule has 8 nitrogen and oxygen atoms in total. The van der Waals surface area contributed by atoms with E-state index in [9.17, 15) is 14.4 Å². The highest BCUT2D eigenvalue weighted by Gasteiger charge is 2.42. The fourth-order valence-electron chi connectivity index (χ4n) is 3.88. The van der Waals surface area contributed by atoms with E-state index < -0.39 is 23.8 Å². The van der Waals surface area contributed by atoms with Gasteiger partial charge in [-0.2, -0.15) is 0 Å². The lowest BCUT2D eigenvalue weighted by molar-refractivity contribution is -0.119. The maximum atomic E-state index is 13.4. The van der Waals surface area contributed by atoms with E-state index >= 15 is 0 Å². The number of aromatic nitrogens is 2. The molecule has 8 heteroatoms. The molecule has 3 amide bonds.